The first-order valence-electron chi connectivity index (χ1n) is 8.42. The van der Waals surface area contributed by atoms with Gasteiger partial charge >= 0.3 is 5.76 Å². The summed E-state index contributed by atoms with van der Waals surface area (Å²) in [4.78, 5) is 25.4. The summed E-state index contributed by atoms with van der Waals surface area (Å²) in [7, 11) is 0. The average molecular weight is 372 g/mol. The zero-order valence-electron chi connectivity index (χ0n) is 13.9. The lowest BCUT2D eigenvalue weighted by atomic mass is 10.0. The second-order valence-electron chi connectivity index (χ2n) is 6.18. The Morgan fingerprint density at radius 2 is 2.15 bits per heavy atom. The molecule has 5 nitrogen and oxygen atoms in total. The Bertz CT molecular complexity index is 1030. The molecular formula is C19H17FN2O3S. The van der Waals surface area contributed by atoms with Crippen molar-refractivity contribution in [3.63, 3.8) is 0 Å². The molecule has 0 aliphatic carbocycles. The van der Waals surface area contributed by atoms with E-state index in [2.05, 4.69) is 5.32 Å². The Morgan fingerprint density at radius 1 is 1.31 bits per heavy atom. The molecule has 1 aromatic heterocycles. The number of hydrogen-bond acceptors (Lipinski definition) is 4. The van der Waals surface area contributed by atoms with E-state index in [9.17, 15) is 14.0 Å². The number of hydrogen-bond donors (Lipinski definition) is 1. The van der Waals surface area contributed by atoms with Gasteiger partial charge in [0.2, 0.25) is 5.91 Å². The molecule has 3 aromatic rings. The molecule has 0 radical (unpaired) electrons. The lowest BCUT2D eigenvalue weighted by Gasteiger charge is -2.26. The summed E-state index contributed by atoms with van der Waals surface area (Å²) in [5, 5.41) is 2.97. The second kappa shape index (κ2) is 6.99. The molecule has 0 bridgehead atoms. The number of benzene rings is 2. The molecule has 0 unspecified atom stereocenters. The van der Waals surface area contributed by atoms with E-state index in [0.717, 1.165) is 22.6 Å². The average Bonchev–Trinajstić information content (AvgIpc) is 2.95. The standard InChI is InChI=1S/C19H17FN2O3S/c20-12-5-6-17-13(11-12)14(8-10-26-17)21-18(23)7-9-22-15-3-1-2-4-16(15)25-19(22)24/h1-6,11,14H,7-10H2,(H,21,23)/t14-/m1/s1. The number of carbonyl (C=O) groups is 1. The summed E-state index contributed by atoms with van der Waals surface area (Å²) in [5.74, 6) is -0.0771. The van der Waals surface area contributed by atoms with Gasteiger partial charge in [-0.05, 0) is 42.3 Å². The molecule has 0 saturated heterocycles. The number of nitrogens with one attached hydrogen (secondary N) is 1. The summed E-state index contributed by atoms with van der Waals surface area (Å²) in [5.41, 5.74) is 2.00. The first-order valence-corrected chi connectivity index (χ1v) is 9.40. The van der Waals surface area contributed by atoms with Crippen LogP contribution in [0.5, 0.6) is 0 Å². The summed E-state index contributed by atoms with van der Waals surface area (Å²) in [6.45, 7) is 0.235. The molecular weight excluding hydrogens is 355 g/mol. The number of nitrogens with zero attached hydrogens (tertiary/aromatic N) is 1. The van der Waals surface area contributed by atoms with Crippen molar-refractivity contribution in [2.75, 3.05) is 5.75 Å². The first-order chi connectivity index (χ1) is 12.6. The molecule has 1 aliphatic heterocycles. The lowest BCUT2D eigenvalue weighted by molar-refractivity contribution is -0.122. The second-order valence-corrected chi connectivity index (χ2v) is 7.31. The van der Waals surface area contributed by atoms with Crippen molar-refractivity contribution in [2.24, 2.45) is 0 Å². The van der Waals surface area contributed by atoms with Crippen LogP contribution in [0.1, 0.15) is 24.4 Å². The predicted octanol–water partition coefficient (Wildman–Crippen LogP) is 3.48. The fourth-order valence-corrected chi connectivity index (χ4v) is 4.33. The van der Waals surface area contributed by atoms with E-state index in [1.54, 1.807) is 36.0 Å². The Morgan fingerprint density at radius 3 is 3.04 bits per heavy atom. The maximum absolute atomic E-state index is 13.6. The highest BCUT2D eigenvalue weighted by molar-refractivity contribution is 7.99. The van der Waals surface area contributed by atoms with Gasteiger partial charge in [-0.15, -0.1) is 11.8 Å². The Balaban J connectivity index is 1.46. The number of amides is 1. The van der Waals surface area contributed by atoms with Crippen molar-refractivity contribution in [2.45, 2.75) is 30.3 Å². The van der Waals surface area contributed by atoms with E-state index in [1.807, 2.05) is 6.07 Å². The minimum absolute atomic E-state index is 0.151. The molecule has 0 spiro atoms. The van der Waals surface area contributed by atoms with Crippen LogP contribution in [0, 0.1) is 5.82 Å². The van der Waals surface area contributed by atoms with Gasteiger partial charge < -0.3 is 9.73 Å². The maximum Gasteiger partial charge on any atom is 0.419 e. The van der Waals surface area contributed by atoms with Crippen molar-refractivity contribution in [1.29, 1.82) is 0 Å². The largest absolute Gasteiger partial charge is 0.419 e. The third kappa shape index (κ3) is 3.26. The van der Waals surface area contributed by atoms with Crippen LogP contribution in [0.4, 0.5) is 4.39 Å². The number of aromatic nitrogens is 1. The zero-order chi connectivity index (χ0) is 18.1. The summed E-state index contributed by atoms with van der Waals surface area (Å²) in [6, 6.07) is 11.6. The molecule has 26 heavy (non-hydrogen) atoms. The molecule has 2 aromatic carbocycles. The molecule has 134 valence electrons. The van der Waals surface area contributed by atoms with Gasteiger partial charge in [-0.25, -0.2) is 9.18 Å². The Hall–Kier alpha value is -2.54. The fraction of sp³-hybridized carbons (Fsp3) is 0.263. The molecule has 1 N–H and O–H groups in total. The summed E-state index contributed by atoms with van der Waals surface area (Å²) >= 11 is 1.67. The van der Waals surface area contributed by atoms with Crippen LogP contribution in [0.15, 0.2) is 56.6 Å². The topological polar surface area (TPSA) is 64.2 Å². The lowest BCUT2D eigenvalue weighted by Crippen LogP contribution is -2.32. The molecule has 1 amide bonds. The summed E-state index contributed by atoms with van der Waals surface area (Å²) < 4.78 is 20.2. The Kier molecular flexibility index (Phi) is 4.55. The normalized spacial score (nSPS) is 16.4. The van der Waals surface area contributed by atoms with Crippen LogP contribution in [-0.2, 0) is 11.3 Å². The van der Waals surface area contributed by atoms with Gasteiger partial charge in [0.15, 0.2) is 5.58 Å². The van der Waals surface area contributed by atoms with Crippen molar-refractivity contribution >= 4 is 28.8 Å². The predicted molar refractivity (Wildman–Crippen MR) is 97.7 cm³/mol. The SMILES string of the molecule is O=C(CCn1c(=O)oc2ccccc21)N[C@@H]1CCSc2ccc(F)cc21. The maximum atomic E-state index is 13.6. The molecule has 7 heteroatoms. The number of halogens is 1. The number of para-hydroxylation sites is 2. The molecule has 4 rings (SSSR count). The number of oxazole rings is 1. The van der Waals surface area contributed by atoms with Crippen LogP contribution in [0.2, 0.25) is 0 Å². The third-order valence-electron chi connectivity index (χ3n) is 4.48. The molecule has 0 fully saturated rings. The zero-order valence-corrected chi connectivity index (χ0v) is 14.7. The van der Waals surface area contributed by atoms with Crippen molar-refractivity contribution in [3.05, 3.63) is 64.4 Å². The highest BCUT2D eigenvalue weighted by Crippen LogP contribution is 2.36. The number of thioether (sulfide) groups is 1. The number of carbonyl (C=O) groups excluding carboxylic acids is 1. The minimum atomic E-state index is -0.472. The van der Waals surface area contributed by atoms with Gasteiger partial charge in [0.05, 0.1) is 11.6 Å². The van der Waals surface area contributed by atoms with Crippen molar-refractivity contribution < 1.29 is 13.6 Å². The van der Waals surface area contributed by atoms with Crippen molar-refractivity contribution in [1.82, 2.24) is 9.88 Å². The number of aryl methyl sites for hydroxylation is 1. The van der Waals surface area contributed by atoms with Crippen LogP contribution < -0.4 is 11.1 Å². The van der Waals surface area contributed by atoms with E-state index >= 15 is 0 Å². The molecule has 0 saturated carbocycles. The highest BCUT2D eigenvalue weighted by atomic mass is 32.2. The van der Waals surface area contributed by atoms with Gasteiger partial charge in [0, 0.05) is 23.6 Å². The van der Waals surface area contributed by atoms with Gasteiger partial charge in [0.25, 0.3) is 0 Å². The number of fused-ring (bicyclic) bond motifs is 2. The summed E-state index contributed by atoms with van der Waals surface area (Å²) in [6.07, 6.45) is 0.902. The van der Waals surface area contributed by atoms with Crippen LogP contribution in [-0.4, -0.2) is 16.2 Å². The quantitative estimate of drug-likeness (QED) is 0.762. The van der Waals surface area contributed by atoms with Gasteiger partial charge in [-0.2, -0.15) is 0 Å². The Labute approximate surface area is 153 Å². The molecule has 2 heterocycles. The number of rotatable bonds is 4. The van der Waals surface area contributed by atoms with E-state index in [1.165, 1.54) is 16.7 Å². The van der Waals surface area contributed by atoms with E-state index in [-0.39, 0.29) is 30.7 Å². The van der Waals surface area contributed by atoms with E-state index in [4.69, 9.17) is 4.42 Å². The minimum Gasteiger partial charge on any atom is -0.408 e. The molecule has 1 aliphatic rings. The van der Waals surface area contributed by atoms with Crippen LogP contribution in [0.25, 0.3) is 11.1 Å². The third-order valence-corrected chi connectivity index (χ3v) is 5.61. The van der Waals surface area contributed by atoms with Gasteiger partial charge in [-0.3, -0.25) is 9.36 Å². The van der Waals surface area contributed by atoms with Gasteiger partial charge in [-0.1, -0.05) is 12.1 Å². The van der Waals surface area contributed by atoms with Gasteiger partial charge in [0.1, 0.15) is 5.82 Å². The van der Waals surface area contributed by atoms with Crippen LogP contribution in [0.3, 0.4) is 0 Å². The van der Waals surface area contributed by atoms with E-state index < -0.39 is 5.76 Å². The molecule has 1 atom stereocenters. The fourth-order valence-electron chi connectivity index (χ4n) is 3.22. The highest BCUT2D eigenvalue weighted by Gasteiger charge is 2.23. The van der Waals surface area contributed by atoms with Crippen LogP contribution >= 0.6 is 11.8 Å². The van der Waals surface area contributed by atoms with Crippen molar-refractivity contribution in [3.8, 4) is 0 Å². The monoisotopic (exact) mass is 372 g/mol. The van der Waals surface area contributed by atoms with E-state index in [0.29, 0.717) is 11.1 Å². The smallest absolute Gasteiger partial charge is 0.408 e. The first kappa shape index (κ1) is 16.9.